The number of carbonyl (C=O) groups is 3. The summed E-state index contributed by atoms with van der Waals surface area (Å²) in [6.45, 7) is 2.95. The summed E-state index contributed by atoms with van der Waals surface area (Å²) < 4.78 is 32.9. The van der Waals surface area contributed by atoms with Crippen LogP contribution in [0.25, 0.3) is 0 Å². The Morgan fingerprint density at radius 1 is 0.714 bits per heavy atom. The lowest BCUT2D eigenvalue weighted by molar-refractivity contribution is -0.161. The van der Waals surface area contributed by atoms with Gasteiger partial charge in [0, 0.05) is 30.4 Å². The zero-order chi connectivity index (χ0) is 46.7. The first-order chi connectivity index (χ1) is 30.4. The van der Waals surface area contributed by atoms with Gasteiger partial charge in [-0.1, -0.05) is 137 Å². The van der Waals surface area contributed by atoms with Crippen molar-refractivity contribution in [3.05, 3.63) is 97.2 Å². The maximum Gasteiger partial charge on any atom is 0.472 e. The van der Waals surface area contributed by atoms with Gasteiger partial charge in [-0.25, -0.2) is 4.57 Å². The molecule has 63 heavy (non-hydrogen) atoms. The van der Waals surface area contributed by atoms with Crippen molar-refractivity contribution in [1.29, 1.82) is 0 Å². The number of nitrogens with two attached hydrogens (primary N) is 2. The maximum atomic E-state index is 13.0. The van der Waals surface area contributed by atoms with Gasteiger partial charge in [0.15, 0.2) is 6.10 Å². The quantitative estimate of drug-likeness (QED) is 0.0127. The number of rotatable bonds is 41. The predicted octanol–water partition coefficient (Wildman–Crippen LogP) is 9.92. The number of hydrogen-bond acceptors (Lipinski definition) is 12. The predicted molar refractivity (Wildman–Crippen MR) is 257 cm³/mol. The van der Waals surface area contributed by atoms with Crippen molar-refractivity contribution >= 4 is 37.5 Å². The van der Waals surface area contributed by atoms with Crippen LogP contribution in [0.15, 0.2) is 97.2 Å². The summed E-state index contributed by atoms with van der Waals surface area (Å²) in [5.74, 6) is -2.32. The van der Waals surface area contributed by atoms with Crippen LogP contribution in [0, 0.1) is 0 Å². The Hall–Kier alpha value is -3.33. The molecule has 1 unspecified atom stereocenters. The number of ether oxygens (including phenoxy) is 2. The first kappa shape index (κ1) is 59.7. The number of unbranched alkanes of at least 4 members (excludes halogenated alkanes) is 7. The summed E-state index contributed by atoms with van der Waals surface area (Å²) in [5.41, 5.74) is 11.5. The van der Waals surface area contributed by atoms with Crippen molar-refractivity contribution in [2.45, 2.75) is 153 Å². The fourth-order valence-corrected chi connectivity index (χ4v) is 7.37. The smallest absolute Gasteiger partial charge is 0.472 e. The number of esters is 2. The molecule has 0 aliphatic heterocycles. The van der Waals surface area contributed by atoms with E-state index in [1.54, 1.807) is 12.2 Å². The Morgan fingerprint density at radius 3 is 1.95 bits per heavy atom. The van der Waals surface area contributed by atoms with Gasteiger partial charge in [0.1, 0.15) is 12.6 Å². The van der Waals surface area contributed by atoms with Crippen molar-refractivity contribution in [3.8, 4) is 0 Å². The van der Waals surface area contributed by atoms with E-state index in [-0.39, 0.29) is 44.6 Å². The Kier molecular flexibility index (Phi) is 40.4. The normalized spacial score (nSPS) is 15.5. The lowest BCUT2D eigenvalue weighted by Crippen LogP contribution is -2.38. The largest absolute Gasteiger partial charge is 0.481 e. The molecule has 7 N–H and O–H groups in total. The highest BCUT2D eigenvalue weighted by Crippen LogP contribution is 2.43. The summed E-state index contributed by atoms with van der Waals surface area (Å²) in [6.07, 6.45) is 44.8. The molecule has 15 heteroatoms. The number of hydrogen-bond donors (Lipinski definition) is 5. The van der Waals surface area contributed by atoms with Gasteiger partial charge < -0.3 is 36.0 Å². The van der Waals surface area contributed by atoms with E-state index in [0.717, 1.165) is 64.2 Å². The van der Waals surface area contributed by atoms with Crippen LogP contribution in [-0.4, -0.2) is 88.6 Å². The van der Waals surface area contributed by atoms with E-state index >= 15 is 0 Å². The lowest BCUT2D eigenvalue weighted by Gasteiger charge is -2.22. The highest BCUT2D eigenvalue weighted by molar-refractivity contribution is 8.00. The number of allylic oxidation sites excluding steroid dienone is 15. The number of carbonyl (C=O) groups excluding carboxylic acids is 2. The zero-order valence-corrected chi connectivity index (χ0v) is 39.6. The Labute approximate surface area is 382 Å². The molecule has 13 nitrogen and oxygen atoms in total. The standard InChI is InChI=1S/C48H79N2O11PS/c1-3-5-7-9-11-13-15-17-18-19-20-21-23-25-27-29-31-36-47(54)61-42(40-60-62(56,57)59-38-37-49)39-58-48(55)43(50)41-63-45(44(51)33-32-35-46(52)53)34-30-28-26-24-22-16-14-12-10-8-6-4-2/h5,7,11-14,17-18,20-22,24,26,28,30,34,42-45,51H,3-4,6,8-10,15-16,19,23,25,27,29,31-33,35-41,49-50H2,1-2H3,(H,52,53)(H,56,57)/b7-5-,13-11-,14-12-,18-17-,21-20-,24-22-,28-26+,34-30+/t42-,43+,44+,45-/m1/s1. The number of phosphoric ester groups is 1. The van der Waals surface area contributed by atoms with Crippen LogP contribution in [0.5, 0.6) is 0 Å². The van der Waals surface area contributed by atoms with Crippen molar-refractivity contribution < 1.29 is 52.6 Å². The summed E-state index contributed by atoms with van der Waals surface area (Å²) in [6, 6.07) is -1.14. The second kappa shape index (κ2) is 42.6. The first-order valence-corrected chi connectivity index (χ1v) is 25.2. The number of aliphatic hydroxyl groups is 1. The number of carboxylic acids is 1. The molecule has 0 rings (SSSR count). The molecule has 0 radical (unpaired) electrons. The van der Waals surface area contributed by atoms with E-state index in [1.165, 1.54) is 31.0 Å². The van der Waals surface area contributed by atoms with Crippen LogP contribution in [-0.2, 0) is 37.5 Å². The van der Waals surface area contributed by atoms with E-state index < -0.39 is 62.4 Å². The van der Waals surface area contributed by atoms with Gasteiger partial charge in [0.05, 0.1) is 19.3 Å². The minimum Gasteiger partial charge on any atom is -0.481 e. The Balaban J connectivity index is 5.09. The van der Waals surface area contributed by atoms with Gasteiger partial charge >= 0.3 is 25.7 Å². The molecule has 0 spiro atoms. The van der Waals surface area contributed by atoms with Gasteiger partial charge in [-0.15, -0.1) is 11.8 Å². The molecule has 0 amide bonds. The van der Waals surface area contributed by atoms with Gasteiger partial charge in [0.25, 0.3) is 0 Å². The fraction of sp³-hybridized carbons (Fsp3) is 0.604. The summed E-state index contributed by atoms with van der Waals surface area (Å²) in [5, 5.41) is 19.4. The molecular weight excluding hydrogens is 844 g/mol. The molecule has 0 aromatic rings. The van der Waals surface area contributed by atoms with E-state index in [0.29, 0.717) is 6.42 Å². The summed E-state index contributed by atoms with van der Waals surface area (Å²) >= 11 is 1.21. The minimum absolute atomic E-state index is 0.0231. The SMILES string of the molecule is CC/C=C\C/C=C\C/C=C\C/C=C\CCCCCCC(=O)O[C@H](COC(=O)[C@@H](N)CS[C@H](/C=C/C=C/C=C\C/C=C\CCCCC)[C@@H](O)CCCC(=O)O)COP(=O)(O)OCCN. The van der Waals surface area contributed by atoms with Gasteiger partial charge in [-0.3, -0.25) is 23.4 Å². The monoisotopic (exact) mass is 923 g/mol. The second-order valence-corrected chi connectivity index (χ2v) is 17.4. The number of aliphatic hydroxyl groups excluding tert-OH is 1. The van der Waals surface area contributed by atoms with Crippen LogP contribution in [0.2, 0.25) is 0 Å². The van der Waals surface area contributed by atoms with Gasteiger partial charge in [-0.2, -0.15) is 0 Å². The molecule has 0 aliphatic carbocycles. The van der Waals surface area contributed by atoms with Crippen molar-refractivity contribution in [2.24, 2.45) is 11.5 Å². The Morgan fingerprint density at radius 2 is 1.32 bits per heavy atom. The summed E-state index contributed by atoms with van der Waals surface area (Å²) in [7, 11) is -4.53. The topological polar surface area (TPSA) is 218 Å². The first-order valence-electron chi connectivity index (χ1n) is 22.7. The minimum atomic E-state index is -4.53. The van der Waals surface area contributed by atoms with Crippen LogP contribution in [0.4, 0.5) is 0 Å². The molecule has 5 atom stereocenters. The van der Waals surface area contributed by atoms with E-state index in [2.05, 4.69) is 74.6 Å². The number of aliphatic carboxylic acids is 1. The molecule has 0 saturated carbocycles. The molecule has 0 heterocycles. The molecule has 0 bridgehead atoms. The number of carboxylic acid groups (broad SMARTS) is 1. The molecule has 0 fully saturated rings. The third-order valence-electron chi connectivity index (χ3n) is 8.95. The molecule has 0 saturated heterocycles. The highest BCUT2D eigenvalue weighted by atomic mass is 32.2. The maximum absolute atomic E-state index is 13.0. The Bertz CT molecular complexity index is 1480. The molecule has 0 aromatic carbocycles. The average Bonchev–Trinajstić information content (AvgIpc) is 3.25. The van der Waals surface area contributed by atoms with Gasteiger partial charge in [0.2, 0.25) is 0 Å². The highest BCUT2D eigenvalue weighted by Gasteiger charge is 2.27. The fourth-order valence-electron chi connectivity index (χ4n) is 5.48. The molecule has 0 aliphatic rings. The van der Waals surface area contributed by atoms with Crippen molar-refractivity contribution in [2.75, 3.05) is 32.1 Å². The molecule has 358 valence electrons. The van der Waals surface area contributed by atoms with Crippen LogP contribution < -0.4 is 11.5 Å². The van der Waals surface area contributed by atoms with Crippen LogP contribution in [0.3, 0.4) is 0 Å². The van der Waals surface area contributed by atoms with E-state index in [1.807, 2.05) is 24.3 Å². The lowest BCUT2D eigenvalue weighted by atomic mass is 10.1. The van der Waals surface area contributed by atoms with E-state index in [4.69, 9.17) is 35.1 Å². The van der Waals surface area contributed by atoms with Crippen LogP contribution in [0.1, 0.15) is 129 Å². The number of phosphoric acid groups is 1. The second-order valence-electron chi connectivity index (χ2n) is 14.7. The van der Waals surface area contributed by atoms with Crippen molar-refractivity contribution in [1.82, 2.24) is 0 Å². The zero-order valence-electron chi connectivity index (χ0n) is 37.9. The third-order valence-corrected chi connectivity index (χ3v) is 11.3. The molecule has 0 aromatic heterocycles. The van der Waals surface area contributed by atoms with E-state index in [9.17, 15) is 28.9 Å². The van der Waals surface area contributed by atoms with Crippen LogP contribution >= 0.6 is 19.6 Å². The molecular formula is C48H79N2O11PS. The van der Waals surface area contributed by atoms with Crippen molar-refractivity contribution in [3.63, 3.8) is 0 Å². The third kappa shape index (κ3) is 40.0. The number of thioether (sulfide) groups is 1. The van der Waals surface area contributed by atoms with Gasteiger partial charge in [-0.05, 0) is 77.0 Å². The average molecular weight is 923 g/mol. The summed E-state index contributed by atoms with van der Waals surface area (Å²) in [4.78, 5) is 46.7.